The number of nitrogens with zero attached hydrogens (tertiary/aromatic N) is 4. The van der Waals surface area contributed by atoms with E-state index in [0.717, 1.165) is 44.7 Å². The van der Waals surface area contributed by atoms with Crippen molar-refractivity contribution in [3.05, 3.63) is 97.0 Å². The molecule has 0 aliphatic carbocycles. The number of nitrogens with two attached hydrogens (primary N) is 1. The first-order valence-electron chi connectivity index (χ1n) is 11.7. The Bertz CT molecular complexity index is 1630. The molecule has 0 aliphatic rings. The SMILES string of the molecule is C=CC(=O)NCc1cccc(-c2c(-c3ccc(Oc4cccc(C)n4)cc3)c3c(N)ncnc3n2C)c1.Cl. The number of nitrogens with one attached hydrogen (secondary N) is 1. The van der Waals surface area contributed by atoms with Gasteiger partial charge in [0.2, 0.25) is 11.8 Å². The zero-order valence-corrected chi connectivity index (χ0v) is 21.8. The Morgan fingerprint density at radius 1 is 1.08 bits per heavy atom. The van der Waals surface area contributed by atoms with Gasteiger partial charge in [-0.2, -0.15) is 0 Å². The van der Waals surface area contributed by atoms with Crippen LogP contribution in [0.15, 0.2) is 85.7 Å². The van der Waals surface area contributed by atoms with Crippen molar-refractivity contribution in [1.82, 2.24) is 24.8 Å². The molecule has 1 amide bonds. The second-order valence-electron chi connectivity index (χ2n) is 8.61. The number of fused-ring (bicyclic) bond motifs is 1. The summed E-state index contributed by atoms with van der Waals surface area (Å²) in [6.07, 6.45) is 2.73. The molecule has 0 saturated carbocycles. The van der Waals surface area contributed by atoms with Crippen molar-refractivity contribution in [2.45, 2.75) is 13.5 Å². The summed E-state index contributed by atoms with van der Waals surface area (Å²) >= 11 is 0. The van der Waals surface area contributed by atoms with Crippen molar-refractivity contribution in [2.24, 2.45) is 7.05 Å². The van der Waals surface area contributed by atoms with E-state index in [1.807, 2.05) is 85.3 Å². The van der Waals surface area contributed by atoms with Crippen LogP contribution in [0.2, 0.25) is 0 Å². The maximum absolute atomic E-state index is 11.7. The standard InChI is InChI=1S/C29H26N6O2.ClH/c1-4-23(36)31-16-19-8-6-9-21(15-19)27-25(26-28(30)32-17-33-29(26)35(27)3)20-11-13-22(14-12-20)37-24-10-5-7-18(2)34-24;/h4-15,17H,1,16H2,2-3H3,(H,31,36)(H2,30,32,33);1H. The molecule has 2 aromatic carbocycles. The molecule has 0 fully saturated rings. The summed E-state index contributed by atoms with van der Waals surface area (Å²) in [5.41, 5.74) is 12.7. The normalized spacial score (nSPS) is 10.6. The van der Waals surface area contributed by atoms with E-state index in [1.165, 1.54) is 12.4 Å². The number of pyridine rings is 1. The highest BCUT2D eigenvalue weighted by molar-refractivity contribution is 6.07. The zero-order valence-electron chi connectivity index (χ0n) is 21.0. The Morgan fingerprint density at radius 3 is 2.58 bits per heavy atom. The van der Waals surface area contributed by atoms with Crippen LogP contribution in [0.4, 0.5) is 5.82 Å². The molecule has 38 heavy (non-hydrogen) atoms. The van der Waals surface area contributed by atoms with Gasteiger partial charge in [0.25, 0.3) is 0 Å². The third kappa shape index (κ3) is 5.21. The molecule has 0 bridgehead atoms. The second kappa shape index (κ2) is 11.1. The number of hydrogen-bond acceptors (Lipinski definition) is 6. The molecule has 5 rings (SSSR count). The van der Waals surface area contributed by atoms with E-state index in [9.17, 15) is 4.79 Å². The second-order valence-corrected chi connectivity index (χ2v) is 8.61. The molecule has 0 unspecified atom stereocenters. The Balaban J connectivity index is 0.00000336. The smallest absolute Gasteiger partial charge is 0.243 e. The number of halogens is 1. The number of carbonyl (C=O) groups is 1. The van der Waals surface area contributed by atoms with Gasteiger partial charge in [0.1, 0.15) is 23.5 Å². The van der Waals surface area contributed by atoms with Gasteiger partial charge in [0.05, 0.1) is 11.1 Å². The van der Waals surface area contributed by atoms with Crippen molar-refractivity contribution >= 4 is 35.2 Å². The highest BCUT2D eigenvalue weighted by atomic mass is 35.5. The fraction of sp³-hybridized carbons (Fsp3) is 0.103. The lowest BCUT2D eigenvalue weighted by Gasteiger charge is -2.12. The third-order valence-corrected chi connectivity index (χ3v) is 6.08. The van der Waals surface area contributed by atoms with Gasteiger partial charge in [-0.05, 0) is 54.0 Å². The van der Waals surface area contributed by atoms with Gasteiger partial charge >= 0.3 is 0 Å². The van der Waals surface area contributed by atoms with Crippen LogP contribution in [0.25, 0.3) is 33.4 Å². The van der Waals surface area contributed by atoms with E-state index < -0.39 is 0 Å². The van der Waals surface area contributed by atoms with Crippen LogP contribution in [0.5, 0.6) is 11.6 Å². The minimum absolute atomic E-state index is 0. The molecule has 0 radical (unpaired) electrons. The Hall–Kier alpha value is -4.69. The monoisotopic (exact) mass is 526 g/mol. The summed E-state index contributed by atoms with van der Waals surface area (Å²) in [5.74, 6) is 1.40. The predicted molar refractivity (Wildman–Crippen MR) is 152 cm³/mol. The number of amides is 1. The number of nitrogen functional groups attached to an aromatic ring is 1. The maximum Gasteiger partial charge on any atom is 0.243 e. The molecule has 0 saturated heterocycles. The fourth-order valence-electron chi connectivity index (χ4n) is 4.37. The number of carbonyl (C=O) groups excluding carboxylic acids is 1. The summed E-state index contributed by atoms with van der Waals surface area (Å²) in [6, 6.07) is 21.5. The van der Waals surface area contributed by atoms with Gasteiger partial charge in [-0.25, -0.2) is 15.0 Å². The van der Waals surface area contributed by atoms with Gasteiger partial charge in [-0.15, -0.1) is 12.4 Å². The highest BCUT2D eigenvalue weighted by Crippen LogP contribution is 2.42. The van der Waals surface area contributed by atoms with Crippen molar-refractivity contribution in [3.63, 3.8) is 0 Å². The minimum atomic E-state index is -0.220. The van der Waals surface area contributed by atoms with Crippen LogP contribution < -0.4 is 15.8 Å². The van der Waals surface area contributed by atoms with E-state index in [1.54, 1.807) is 0 Å². The lowest BCUT2D eigenvalue weighted by molar-refractivity contribution is -0.116. The molecule has 8 nitrogen and oxygen atoms in total. The van der Waals surface area contributed by atoms with Crippen LogP contribution in [-0.4, -0.2) is 25.4 Å². The van der Waals surface area contributed by atoms with Gasteiger partial charge in [-0.1, -0.05) is 43.0 Å². The summed E-state index contributed by atoms with van der Waals surface area (Å²) in [5, 5.41) is 3.61. The first-order chi connectivity index (χ1) is 17.9. The summed E-state index contributed by atoms with van der Waals surface area (Å²) in [7, 11) is 1.96. The molecule has 0 spiro atoms. The Labute approximate surface area is 226 Å². The fourth-order valence-corrected chi connectivity index (χ4v) is 4.37. The van der Waals surface area contributed by atoms with Crippen molar-refractivity contribution in [3.8, 4) is 34.0 Å². The van der Waals surface area contributed by atoms with Crippen LogP contribution in [0.3, 0.4) is 0 Å². The van der Waals surface area contributed by atoms with Crippen LogP contribution in [0, 0.1) is 6.92 Å². The van der Waals surface area contributed by atoms with E-state index in [4.69, 9.17) is 10.5 Å². The summed E-state index contributed by atoms with van der Waals surface area (Å²) in [4.78, 5) is 24.9. The lowest BCUT2D eigenvalue weighted by atomic mass is 9.97. The number of ether oxygens (including phenoxy) is 1. The molecule has 3 aromatic heterocycles. The van der Waals surface area contributed by atoms with E-state index in [-0.39, 0.29) is 18.3 Å². The largest absolute Gasteiger partial charge is 0.439 e. The molecule has 0 aliphatic heterocycles. The zero-order chi connectivity index (χ0) is 25.9. The first kappa shape index (κ1) is 26.4. The molecule has 192 valence electrons. The van der Waals surface area contributed by atoms with E-state index in [0.29, 0.717) is 24.0 Å². The van der Waals surface area contributed by atoms with Crippen molar-refractivity contribution < 1.29 is 9.53 Å². The molecule has 5 aromatic rings. The topological polar surface area (TPSA) is 108 Å². The number of rotatable bonds is 7. The number of aromatic nitrogens is 4. The molecule has 3 N–H and O–H groups in total. The Morgan fingerprint density at radius 2 is 1.84 bits per heavy atom. The van der Waals surface area contributed by atoms with Crippen molar-refractivity contribution in [2.75, 3.05) is 5.73 Å². The first-order valence-corrected chi connectivity index (χ1v) is 11.7. The van der Waals surface area contributed by atoms with Crippen LogP contribution >= 0.6 is 12.4 Å². The molecule has 3 heterocycles. The van der Waals surface area contributed by atoms with Crippen molar-refractivity contribution in [1.29, 1.82) is 0 Å². The Kier molecular flexibility index (Phi) is 7.74. The van der Waals surface area contributed by atoms with Crippen LogP contribution in [-0.2, 0) is 18.4 Å². The van der Waals surface area contributed by atoms with E-state index in [2.05, 4.69) is 26.8 Å². The average Bonchev–Trinajstić information content (AvgIpc) is 3.21. The number of aryl methyl sites for hydroxylation is 2. The molecular formula is C29H27ClN6O2. The number of benzene rings is 2. The molecule has 9 heteroatoms. The maximum atomic E-state index is 11.7. The quantitative estimate of drug-likeness (QED) is 0.267. The summed E-state index contributed by atoms with van der Waals surface area (Å²) in [6.45, 7) is 5.82. The third-order valence-electron chi connectivity index (χ3n) is 6.08. The predicted octanol–water partition coefficient (Wildman–Crippen LogP) is 5.60. The number of hydrogen-bond donors (Lipinski definition) is 2. The highest BCUT2D eigenvalue weighted by Gasteiger charge is 2.22. The van der Waals surface area contributed by atoms with Crippen LogP contribution in [0.1, 0.15) is 11.3 Å². The average molecular weight is 527 g/mol. The minimum Gasteiger partial charge on any atom is -0.439 e. The van der Waals surface area contributed by atoms with Gasteiger partial charge < -0.3 is 20.4 Å². The molecular weight excluding hydrogens is 500 g/mol. The van der Waals surface area contributed by atoms with Gasteiger partial charge in [-0.3, -0.25) is 4.79 Å². The lowest BCUT2D eigenvalue weighted by Crippen LogP contribution is -2.19. The van der Waals surface area contributed by atoms with E-state index >= 15 is 0 Å². The van der Waals surface area contributed by atoms with Gasteiger partial charge in [0, 0.05) is 30.9 Å². The van der Waals surface area contributed by atoms with Gasteiger partial charge in [0.15, 0.2) is 0 Å². The number of anilines is 1. The molecule has 0 atom stereocenters. The summed E-state index contributed by atoms with van der Waals surface area (Å²) < 4.78 is 7.96.